The fourth-order valence-electron chi connectivity index (χ4n) is 3.09. The molecule has 1 aliphatic heterocycles. The molecule has 1 N–H and O–H groups in total. The number of carboxylic acids is 1. The predicted molar refractivity (Wildman–Crippen MR) is 80.2 cm³/mol. The normalized spacial score (nSPS) is 21.1. The number of carbonyl (C=O) groups is 2. The number of carbonyl (C=O) groups excluding carboxylic acids is 1. The molecule has 0 aliphatic carbocycles. The summed E-state index contributed by atoms with van der Waals surface area (Å²) in [6, 6.07) is 1.33. The minimum absolute atomic E-state index is 0.0225. The Kier molecular flexibility index (Phi) is 4.14. The average molecular weight is 317 g/mol. The van der Waals surface area contributed by atoms with Crippen LogP contribution in [0, 0.1) is 5.92 Å². The van der Waals surface area contributed by atoms with Gasteiger partial charge >= 0.3 is 5.97 Å². The van der Waals surface area contributed by atoms with E-state index >= 15 is 0 Å². The van der Waals surface area contributed by atoms with E-state index in [0.29, 0.717) is 25.3 Å². The molecule has 0 unspecified atom stereocenters. The van der Waals surface area contributed by atoms with Crippen molar-refractivity contribution in [3.63, 3.8) is 0 Å². The third kappa shape index (κ3) is 2.96. The molecule has 122 valence electrons. The highest BCUT2D eigenvalue weighted by Gasteiger charge is 2.46. The molecule has 1 fully saturated rings. The van der Waals surface area contributed by atoms with Crippen molar-refractivity contribution in [1.82, 2.24) is 24.2 Å². The van der Waals surface area contributed by atoms with Crippen LogP contribution in [0.2, 0.25) is 0 Å². The lowest BCUT2D eigenvalue weighted by molar-refractivity contribution is -0.142. The number of rotatable bonds is 6. The first-order valence-corrected chi connectivity index (χ1v) is 7.55. The summed E-state index contributed by atoms with van der Waals surface area (Å²) in [5.74, 6) is -1.23. The number of amides is 1. The molecule has 0 spiro atoms. The van der Waals surface area contributed by atoms with Gasteiger partial charge in [0.25, 0.3) is 0 Å². The highest BCUT2D eigenvalue weighted by molar-refractivity contribution is 5.87. The average Bonchev–Trinajstić information content (AvgIpc) is 3.21. The van der Waals surface area contributed by atoms with Gasteiger partial charge in [0.1, 0.15) is 11.9 Å². The summed E-state index contributed by atoms with van der Waals surface area (Å²) in [6.45, 7) is 1.17. The maximum atomic E-state index is 12.3. The number of hydrogen-bond donors (Lipinski definition) is 1. The maximum Gasteiger partial charge on any atom is 0.309 e. The van der Waals surface area contributed by atoms with Crippen LogP contribution in [0.5, 0.6) is 0 Å². The van der Waals surface area contributed by atoms with Crippen molar-refractivity contribution in [3.05, 3.63) is 36.7 Å². The highest BCUT2D eigenvalue weighted by Crippen LogP contribution is 2.37. The van der Waals surface area contributed by atoms with E-state index in [4.69, 9.17) is 0 Å². The summed E-state index contributed by atoms with van der Waals surface area (Å²) in [5.41, 5.74) is 0. The number of carboxylic acid groups (broad SMARTS) is 1. The van der Waals surface area contributed by atoms with Crippen molar-refractivity contribution in [3.8, 4) is 0 Å². The number of aliphatic carboxylic acids is 1. The van der Waals surface area contributed by atoms with Gasteiger partial charge in [-0.3, -0.25) is 14.3 Å². The Labute approximate surface area is 133 Å². The van der Waals surface area contributed by atoms with E-state index in [-0.39, 0.29) is 12.3 Å². The van der Waals surface area contributed by atoms with Gasteiger partial charge in [-0.25, -0.2) is 4.98 Å². The molecule has 8 heteroatoms. The molecule has 0 aromatic carbocycles. The molecule has 8 nitrogen and oxygen atoms in total. The molecule has 0 radical (unpaired) electrons. The number of imidazole rings is 1. The lowest BCUT2D eigenvalue weighted by Crippen LogP contribution is -2.33. The van der Waals surface area contributed by atoms with E-state index in [2.05, 4.69) is 10.1 Å². The second-order valence-electron chi connectivity index (χ2n) is 5.70. The smallest absolute Gasteiger partial charge is 0.309 e. The lowest BCUT2D eigenvalue weighted by atomic mass is 10.00. The lowest BCUT2D eigenvalue weighted by Gasteiger charge is -2.26. The zero-order valence-corrected chi connectivity index (χ0v) is 12.9. The number of hydrogen-bond acceptors (Lipinski definition) is 4. The van der Waals surface area contributed by atoms with Crippen molar-refractivity contribution >= 4 is 11.9 Å². The molecule has 23 heavy (non-hydrogen) atoms. The zero-order valence-electron chi connectivity index (χ0n) is 12.9. The van der Waals surface area contributed by atoms with Gasteiger partial charge in [0.05, 0.1) is 5.92 Å². The molecule has 2 aromatic rings. The van der Waals surface area contributed by atoms with E-state index in [1.54, 1.807) is 32.7 Å². The summed E-state index contributed by atoms with van der Waals surface area (Å²) in [5, 5.41) is 13.6. The topological polar surface area (TPSA) is 93.2 Å². The summed E-state index contributed by atoms with van der Waals surface area (Å²) >= 11 is 0. The first kappa shape index (κ1) is 15.3. The Morgan fingerprint density at radius 3 is 2.78 bits per heavy atom. The van der Waals surface area contributed by atoms with Crippen LogP contribution in [0.15, 0.2) is 30.9 Å². The van der Waals surface area contributed by atoms with E-state index in [0.717, 1.165) is 0 Å². The second-order valence-corrected chi connectivity index (χ2v) is 5.70. The van der Waals surface area contributed by atoms with Crippen LogP contribution < -0.4 is 0 Å². The Bertz CT molecular complexity index is 694. The summed E-state index contributed by atoms with van der Waals surface area (Å²) in [6.07, 6.45) is 7.69. The second kappa shape index (κ2) is 6.23. The van der Waals surface area contributed by atoms with Gasteiger partial charge in [-0.15, -0.1) is 0 Å². The van der Waals surface area contributed by atoms with E-state index in [1.165, 1.54) is 0 Å². The largest absolute Gasteiger partial charge is 0.481 e. The number of aromatic nitrogens is 4. The number of nitrogens with zero attached hydrogens (tertiary/aromatic N) is 5. The van der Waals surface area contributed by atoms with Gasteiger partial charge in [-0.05, 0) is 12.5 Å². The fourth-order valence-corrected chi connectivity index (χ4v) is 3.09. The minimum Gasteiger partial charge on any atom is -0.481 e. The molecular weight excluding hydrogens is 298 g/mol. The van der Waals surface area contributed by atoms with E-state index in [1.807, 2.05) is 19.3 Å². The van der Waals surface area contributed by atoms with Crippen molar-refractivity contribution in [2.75, 3.05) is 6.54 Å². The van der Waals surface area contributed by atoms with Gasteiger partial charge in [0.15, 0.2) is 0 Å². The van der Waals surface area contributed by atoms with E-state index < -0.39 is 17.9 Å². The third-order valence-corrected chi connectivity index (χ3v) is 4.22. The summed E-state index contributed by atoms with van der Waals surface area (Å²) in [4.78, 5) is 29.7. The highest BCUT2D eigenvalue weighted by atomic mass is 16.4. The van der Waals surface area contributed by atoms with Gasteiger partial charge in [-0.1, -0.05) is 0 Å². The molecule has 0 saturated carbocycles. The van der Waals surface area contributed by atoms with Crippen LogP contribution in [-0.4, -0.2) is 47.8 Å². The van der Waals surface area contributed by atoms with Gasteiger partial charge in [-0.2, -0.15) is 5.10 Å². The molecule has 0 bridgehead atoms. The molecular formula is C15H19N5O3. The molecule has 2 atom stereocenters. The molecule has 3 heterocycles. The first-order chi connectivity index (χ1) is 11.1. The zero-order chi connectivity index (χ0) is 16.4. The number of aryl methyl sites for hydroxylation is 2. The van der Waals surface area contributed by atoms with Crippen molar-refractivity contribution in [2.24, 2.45) is 13.0 Å². The minimum atomic E-state index is -0.957. The van der Waals surface area contributed by atoms with Gasteiger partial charge in [0, 0.05) is 51.3 Å². The Balaban J connectivity index is 1.77. The van der Waals surface area contributed by atoms with Crippen molar-refractivity contribution < 1.29 is 14.7 Å². The summed E-state index contributed by atoms with van der Waals surface area (Å²) < 4.78 is 3.57. The van der Waals surface area contributed by atoms with Crippen molar-refractivity contribution in [1.29, 1.82) is 0 Å². The van der Waals surface area contributed by atoms with Gasteiger partial charge < -0.3 is 14.6 Å². The van der Waals surface area contributed by atoms with Gasteiger partial charge in [0.2, 0.25) is 5.91 Å². The predicted octanol–water partition coefficient (Wildman–Crippen LogP) is 0.681. The van der Waals surface area contributed by atoms with Crippen LogP contribution in [0.4, 0.5) is 0 Å². The van der Waals surface area contributed by atoms with E-state index in [9.17, 15) is 14.7 Å². The Morgan fingerprint density at radius 1 is 1.35 bits per heavy atom. The van der Waals surface area contributed by atoms with Crippen molar-refractivity contribution in [2.45, 2.75) is 25.4 Å². The fraction of sp³-hybridized carbons (Fsp3) is 0.467. The standard InChI is InChI=1S/C15H19N5O3/c1-18-9-5-16-14(18)13-11(15(22)23)10-12(21)20(13)8-3-7-19-6-2-4-17-19/h2,4-6,9,11,13H,3,7-8,10H2,1H3,(H,22,23)/t11-,13+/m1/s1. The van der Waals surface area contributed by atoms with Crippen LogP contribution >= 0.6 is 0 Å². The molecule has 2 aromatic heterocycles. The molecule has 1 amide bonds. The quantitative estimate of drug-likeness (QED) is 0.845. The summed E-state index contributed by atoms with van der Waals surface area (Å²) in [7, 11) is 1.81. The monoisotopic (exact) mass is 317 g/mol. The Morgan fingerprint density at radius 2 is 2.17 bits per heavy atom. The first-order valence-electron chi connectivity index (χ1n) is 7.55. The van der Waals surface area contributed by atoms with Crippen LogP contribution in [-0.2, 0) is 23.2 Å². The molecule has 3 rings (SSSR count). The SMILES string of the molecule is Cn1ccnc1[C@@H]1[C@H](C(=O)O)CC(=O)N1CCCn1cccn1. The van der Waals surface area contributed by atoms with Crippen LogP contribution in [0.25, 0.3) is 0 Å². The number of likely N-dealkylation sites (tertiary alicyclic amines) is 1. The third-order valence-electron chi connectivity index (χ3n) is 4.22. The van der Waals surface area contributed by atoms with Crippen LogP contribution in [0.1, 0.15) is 24.7 Å². The Hall–Kier alpha value is -2.64. The van der Waals surface area contributed by atoms with Crippen LogP contribution in [0.3, 0.4) is 0 Å². The maximum absolute atomic E-state index is 12.3. The molecule has 1 aliphatic rings. The molecule has 1 saturated heterocycles.